The van der Waals surface area contributed by atoms with Crippen LogP contribution in [0.25, 0.3) is 0 Å². The van der Waals surface area contributed by atoms with Crippen LogP contribution in [-0.2, 0) is 4.79 Å². The lowest BCUT2D eigenvalue weighted by atomic mass is 9.93. The number of aliphatic carboxylic acids is 1. The maximum Gasteiger partial charge on any atom is 0.430 e. The van der Waals surface area contributed by atoms with Crippen LogP contribution in [0.5, 0.6) is 0 Å². The molecule has 0 radical (unpaired) electrons. The minimum absolute atomic E-state index is 0.488. The summed E-state index contributed by atoms with van der Waals surface area (Å²) in [5.41, 5.74) is 4.26. The van der Waals surface area contributed by atoms with E-state index in [1.54, 1.807) is 0 Å². The third-order valence-electron chi connectivity index (χ3n) is 1.16. The molecule has 0 bridgehead atoms. The Bertz CT molecular complexity index is 172. The Morgan fingerprint density at radius 3 is 1.57 bits per heavy atom. The molecule has 0 aromatic heterocycles. The Balaban J connectivity index is 0. The summed E-state index contributed by atoms with van der Waals surface area (Å²) in [4.78, 5) is 8.78. The molecule has 0 fully saturated rings. The largest absolute Gasteiger partial charge is 0.542 e. The van der Waals surface area contributed by atoms with Crippen LogP contribution in [-0.4, -0.2) is 18.7 Å². The summed E-state index contributed by atoms with van der Waals surface area (Å²) in [5.74, 6) is -3.01. The lowest BCUT2D eigenvalue weighted by Gasteiger charge is -2.13. The minimum Gasteiger partial charge on any atom is -0.542 e. The van der Waals surface area contributed by atoms with Crippen LogP contribution in [0.4, 0.5) is 13.2 Å². The predicted molar refractivity (Wildman–Crippen MR) is 42.9 cm³/mol. The maximum absolute atomic E-state index is 10.5. The van der Waals surface area contributed by atoms with Crippen LogP contribution in [0.1, 0.15) is 27.2 Å². The van der Waals surface area contributed by atoms with Crippen LogP contribution in [0.2, 0.25) is 0 Å². The number of alkyl halides is 3. The summed E-state index contributed by atoms with van der Waals surface area (Å²) in [5, 5.41) is 8.78. The average Bonchev–Trinajstić information content (AvgIpc) is 1.82. The van der Waals surface area contributed by atoms with Crippen LogP contribution in [0.15, 0.2) is 0 Å². The number of carbonyl (C=O) groups is 1. The Kier molecular flexibility index (Phi) is 6.55. The molecular weight excluding hydrogens is 199 g/mol. The SMILES string of the molecule is CC(C)(C)CC[NH3+].O=C([O-])C(F)(F)F. The summed E-state index contributed by atoms with van der Waals surface area (Å²) in [6, 6.07) is 0. The molecule has 0 aromatic rings. The Morgan fingerprint density at radius 2 is 1.57 bits per heavy atom. The highest BCUT2D eigenvalue weighted by Gasteiger charge is 2.28. The molecule has 14 heavy (non-hydrogen) atoms. The van der Waals surface area contributed by atoms with E-state index in [1.165, 1.54) is 6.42 Å². The van der Waals surface area contributed by atoms with Gasteiger partial charge in [-0.25, -0.2) is 0 Å². The second-order valence-electron chi connectivity index (χ2n) is 3.95. The number of hydrogen-bond donors (Lipinski definition) is 1. The maximum atomic E-state index is 10.5. The number of halogens is 3. The molecule has 6 heteroatoms. The molecule has 0 saturated carbocycles. The molecule has 0 aliphatic carbocycles. The van der Waals surface area contributed by atoms with Gasteiger partial charge < -0.3 is 15.6 Å². The lowest BCUT2D eigenvalue weighted by Crippen LogP contribution is -2.51. The molecule has 0 aliphatic heterocycles. The fraction of sp³-hybridized carbons (Fsp3) is 0.875. The van der Waals surface area contributed by atoms with Gasteiger partial charge in [0.05, 0.1) is 6.54 Å². The van der Waals surface area contributed by atoms with E-state index in [9.17, 15) is 13.2 Å². The van der Waals surface area contributed by atoms with E-state index in [0.29, 0.717) is 5.41 Å². The number of rotatable bonds is 1. The number of hydrogen-bond acceptors (Lipinski definition) is 2. The zero-order valence-corrected chi connectivity index (χ0v) is 8.57. The second kappa shape index (κ2) is 5.85. The van der Waals surface area contributed by atoms with E-state index in [0.717, 1.165) is 6.54 Å². The quantitative estimate of drug-likeness (QED) is 0.667. The van der Waals surface area contributed by atoms with Crippen molar-refractivity contribution in [3.8, 4) is 0 Å². The fourth-order valence-corrected chi connectivity index (χ4v) is 0.530. The summed E-state index contributed by atoms with van der Waals surface area (Å²) in [6.07, 6.45) is -3.97. The number of carbonyl (C=O) groups excluding carboxylic acids is 1. The fourth-order valence-electron chi connectivity index (χ4n) is 0.530. The molecule has 0 atom stereocenters. The highest BCUT2D eigenvalue weighted by molar-refractivity contribution is 5.70. The molecule has 0 rings (SSSR count). The van der Waals surface area contributed by atoms with Gasteiger partial charge in [-0.15, -0.1) is 0 Å². The first kappa shape index (κ1) is 15.7. The van der Waals surface area contributed by atoms with Gasteiger partial charge in [-0.05, 0) is 5.41 Å². The molecule has 0 saturated heterocycles. The van der Waals surface area contributed by atoms with Crippen molar-refractivity contribution in [2.24, 2.45) is 5.41 Å². The molecule has 0 heterocycles. The highest BCUT2D eigenvalue weighted by atomic mass is 19.4. The number of carboxylic acids is 1. The highest BCUT2D eigenvalue weighted by Crippen LogP contribution is 2.15. The van der Waals surface area contributed by atoms with Crippen molar-refractivity contribution in [1.29, 1.82) is 0 Å². The van der Waals surface area contributed by atoms with Gasteiger partial charge in [0, 0.05) is 6.42 Å². The number of carboxylic acid groups (broad SMARTS) is 1. The Labute approximate surface area is 81.1 Å². The molecule has 0 amide bonds. The van der Waals surface area contributed by atoms with E-state index in [-0.39, 0.29) is 0 Å². The summed E-state index contributed by atoms with van der Waals surface area (Å²) < 4.78 is 31.5. The monoisotopic (exact) mass is 215 g/mol. The molecule has 3 nitrogen and oxygen atoms in total. The van der Waals surface area contributed by atoms with Gasteiger partial charge in [0.15, 0.2) is 0 Å². The van der Waals surface area contributed by atoms with Crippen molar-refractivity contribution in [3.05, 3.63) is 0 Å². The summed E-state index contributed by atoms with van der Waals surface area (Å²) in [6.45, 7) is 7.76. The molecule has 0 spiro atoms. The third kappa shape index (κ3) is 13.8. The van der Waals surface area contributed by atoms with Crippen molar-refractivity contribution in [1.82, 2.24) is 0 Å². The standard InChI is InChI=1S/C6H15N.C2HF3O2/c1-6(2,3)4-5-7;3-2(4,5)1(6)7/h4-5,7H2,1-3H3;(H,6,7). The van der Waals surface area contributed by atoms with Crippen molar-refractivity contribution in [2.45, 2.75) is 33.4 Å². The smallest absolute Gasteiger partial charge is 0.430 e. The lowest BCUT2D eigenvalue weighted by molar-refractivity contribution is -0.371. The molecule has 86 valence electrons. The Morgan fingerprint density at radius 1 is 1.29 bits per heavy atom. The average molecular weight is 215 g/mol. The molecule has 0 unspecified atom stereocenters. The third-order valence-corrected chi connectivity index (χ3v) is 1.16. The van der Waals surface area contributed by atoms with E-state index < -0.39 is 12.1 Å². The van der Waals surface area contributed by atoms with E-state index in [1.807, 2.05) is 0 Å². The molecular formula is C8H16F3NO2. The zero-order valence-electron chi connectivity index (χ0n) is 8.57. The van der Waals surface area contributed by atoms with Gasteiger partial charge in [0.1, 0.15) is 5.97 Å². The van der Waals surface area contributed by atoms with Gasteiger partial charge >= 0.3 is 6.18 Å². The zero-order chi connectivity index (χ0) is 12.0. The first-order valence-electron chi connectivity index (χ1n) is 4.08. The van der Waals surface area contributed by atoms with Crippen LogP contribution >= 0.6 is 0 Å². The van der Waals surface area contributed by atoms with Crippen LogP contribution < -0.4 is 10.8 Å². The molecule has 0 aliphatic rings. The number of quaternary nitrogens is 1. The van der Waals surface area contributed by atoms with Gasteiger partial charge in [-0.1, -0.05) is 20.8 Å². The van der Waals surface area contributed by atoms with Crippen molar-refractivity contribution < 1.29 is 28.8 Å². The summed E-state index contributed by atoms with van der Waals surface area (Å²) in [7, 11) is 0. The molecule has 3 N–H and O–H groups in total. The minimum atomic E-state index is -5.19. The molecule has 0 aromatic carbocycles. The van der Waals surface area contributed by atoms with Crippen molar-refractivity contribution >= 4 is 5.97 Å². The predicted octanol–water partition coefficient (Wildman–Crippen LogP) is -0.0369. The van der Waals surface area contributed by atoms with Crippen LogP contribution in [0, 0.1) is 5.41 Å². The second-order valence-corrected chi connectivity index (χ2v) is 3.95. The normalized spacial score (nSPS) is 11.6. The van der Waals surface area contributed by atoms with E-state index in [2.05, 4.69) is 26.5 Å². The van der Waals surface area contributed by atoms with Gasteiger partial charge in [-0.2, -0.15) is 13.2 Å². The Hall–Kier alpha value is -0.780. The van der Waals surface area contributed by atoms with Crippen LogP contribution in [0.3, 0.4) is 0 Å². The van der Waals surface area contributed by atoms with Gasteiger partial charge in [0.2, 0.25) is 0 Å². The van der Waals surface area contributed by atoms with Gasteiger partial charge in [-0.3, -0.25) is 0 Å². The first-order valence-corrected chi connectivity index (χ1v) is 4.08. The van der Waals surface area contributed by atoms with E-state index in [4.69, 9.17) is 9.90 Å². The topological polar surface area (TPSA) is 67.8 Å². The van der Waals surface area contributed by atoms with Crippen molar-refractivity contribution in [3.63, 3.8) is 0 Å². The summed E-state index contributed by atoms with van der Waals surface area (Å²) >= 11 is 0. The van der Waals surface area contributed by atoms with Crippen molar-refractivity contribution in [2.75, 3.05) is 6.54 Å². The first-order chi connectivity index (χ1) is 6.00. The van der Waals surface area contributed by atoms with Gasteiger partial charge in [0.25, 0.3) is 0 Å². The van der Waals surface area contributed by atoms with E-state index >= 15 is 0 Å².